The van der Waals surface area contributed by atoms with Crippen LogP contribution in [0, 0.1) is 11.3 Å². The Morgan fingerprint density at radius 2 is 1.76 bits per heavy atom. The van der Waals surface area contributed by atoms with Crippen molar-refractivity contribution in [1.29, 1.82) is 0 Å². The Labute approximate surface area is 204 Å². The molecule has 0 saturated carbocycles. The van der Waals surface area contributed by atoms with E-state index in [1.807, 2.05) is 32.9 Å². The van der Waals surface area contributed by atoms with Gasteiger partial charge in [-0.2, -0.15) is 0 Å². The van der Waals surface area contributed by atoms with Crippen LogP contribution in [0.2, 0.25) is 0 Å². The van der Waals surface area contributed by atoms with E-state index in [2.05, 4.69) is 45.9 Å². The first-order valence-corrected chi connectivity index (χ1v) is 12.2. The van der Waals surface area contributed by atoms with Gasteiger partial charge in [-0.25, -0.2) is 0 Å². The average Bonchev–Trinajstić information content (AvgIpc) is 2.79. The highest BCUT2D eigenvalue weighted by Gasteiger charge is 2.24. The minimum Gasteiger partial charge on any atom is -0.383 e. The second kappa shape index (κ2) is 12.0. The molecule has 0 aliphatic carbocycles. The van der Waals surface area contributed by atoms with Crippen LogP contribution in [0.4, 0.5) is 11.4 Å². The van der Waals surface area contributed by atoms with E-state index in [1.165, 1.54) is 5.56 Å². The lowest BCUT2D eigenvalue weighted by molar-refractivity contribution is -0.117. The normalized spacial score (nSPS) is 14.6. The standard InChI is InChI=1S/C28H39N3O3/c1-28(2,3)20-26(32)30-23-10-11-25(24(19-23)27(33)29-14-17-34-4)31-15-12-22(13-16-31)18-21-8-6-5-7-9-21/h5-11,19,22H,12-18,20H2,1-4H3,(H,29,33)(H,30,32). The average molecular weight is 466 g/mol. The molecule has 184 valence electrons. The largest absolute Gasteiger partial charge is 0.383 e. The first-order chi connectivity index (χ1) is 16.2. The first-order valence-electron chi connectivity index (χ1n) is 12.2. The lowest BCUT2D eigenvalue weighted by Crippen LogP contribution is -2.36. The lowest BCUT2D eigenvalue weighted by Gasteiger charge is -2.35. The number of methoxy groups -OCH3 is 1. The van der Waals surface area contributed by atoms with E-state index in [-0.39, 0.29) is 17.2 Å². The number of benzene rings is 2. The Morgan fingerprint density at radius 1 is 1.06 bits per heavy atom. The number of anilines is 2. The maximum Gasteiger partial charge on any atom is 0.253 e. The van der Waals surface area contributed by atoms with Crippen LogP contribution in [0.5, 0.6) is 0 Å². The quantitative estimate of drug-likeness (QED) is 0.517. The number of carbonyl (C=O) groups excluding carboxylic acids is 2. The van der Waals surface area contributed by atoms with Gasteiger partial charge in [-0.15, -0.1) is 0 Å². The molecule has 3 rings (SSSR count). The Kier molecular flexibility index (Phi) is 9.11. The van der Waals surface area contributed by atoms with E-state index in [4.69, 9.17) is 4.74 Å². The van der Waals surface area contributed by atoms with Crippen LogP contribution < -0.4 is 15.5 Å². The summed E-state index contributed by atoms with van der Waals surface area (Å²) in [7, 11) is 1.61. The highest BCUT2D eigenvalue weighted by molar-refractivity contribution is 6.02. The Hall–Kier alpha value is -2.86. The third-order valence-electron chi connectivity index (χ3n) is 6.13. The number of nitrogens with zero attached hydrogens (tertiary/aromatic N) is 1. The van der Waals surface area contributed by atoms with Gasteiger partial charge in [-0.05, 0) is 54.4 Å². The van der Waals surface area contributed by atoms with Crippen molar-refractivity contribution >= 4 is 23.2 Å². The molecule has 2 N–H and O–H groups in total. The molecule has 1 heterocycles. The van der Waals surface area contributed by atoms with Crippen LogP contribution in [-0.4, -0.2) is 45.2 Å². The third kappa shape index (κ3) is 7.87. The molecule has 1 aliphatic heterocycles. The fourth-order valence-corrected chi connectivity index (χ4v) is 4.45. The van der Waals surface area contributed by atoms with E-state index in [1.54, 1.807) is 13.2 Å². The van der Waals surface area contributed by atoms with Gasteiger partial charge < -0.3 is 20.3 Å². The van der Waals surface area contributed by atoms with Gasteiger partial charge in [0.05, 0.1) is 12.2 Å². The summed E-state index contributed by atoms with van der Waals surface area (Å²) in [5, 5.41) is 5.90. The summed E-state index contributed by atoms with van der Waals surface area (Å²) < 4.78 is 5.08. The van der Waals surface area contributed by atoms with Crippen LogP contribution in [-0.2, 0) is 16.0 Å². The molecule has 6 heteroatoms. The fraction of sp³-hybridized carbons (Fsp3) is 0.500. The van der Waals surface area contributed by atoms with Gasteiger partial charge >= 0.3 is 0 Å². The smallest absolute Gasteiger partial charge is 0.253 e. The third-order valence-corrected chi connectivity index (χ3v) is 6.13. The number of ether oxygens (including phenoxy) is 1. The summed E-state index contributed by atoms with van der Waals surface area (Å²) >= 11 is 0. The molecular formula is C28H39N3O3. The molecule has 0 spiro atoms. The minimum absolute atomic E-state index is 0.0484. The Balaban J connectivity index is 1.72. The zero-order chi connectivity index (χ0) is 24.6. The van der Waals surface area contributed by atoms with E-state index in [9.17, 15) is 9.59 Å². The monoisotopic (exact) mass is 465 g/mol. The highest BCUT2D eigenvalue weighted by atomic mass is 16.5. The van der Waals surface area contributed by atoms with Crippen molar-refractivity contribution in [2.45, 2.75) is 46.5 Å². The van der Waals surface area contributed by atoms with Crippen molar-refractivity contribution in [2.24, 2.45) is 11.3 Å². The number of hydrogen-bond donors (Lipinski definition) is 2. The van der Waals surface area contributed by atoms with E-state index in [0.717, 1.165) is 38.0 Å². The van der Waals surface area contributed by atoms with Gasteiger partial charge in [0, 0.05) is 44.5 Å². The summed E-state index contributed by atoms with van der Waals surface area (Å²) in [6.07, 6.45) is 3.68. The van der Waals surface area contributed by atoms with E-state index in [0.29, 0.717) is 36.7 Å². The number of carbonyl (C=O) groups is 2. The molecule has 1 saturated heterocycles. The van der Waals surface area contributed by atoms with Crippen molar-refractivity contribution in [2.75, 3.05) is 43.6 Å². The molecule has 1 fully saturated rings. The molecular weight excluding hydrogens is 426 g/mol. The van der Waals surface area contributed by atoms with Crippen LogP contribution in [0.15, 0.2) is 48.5 Å². The number of rotatable bonds is 9. The predicted molar refractivity (Wildman–Crippen MR) is 138 cm³/mol. The summed E-state index contributed by atoms with van der Waals surface area (Å²) in [6, 6.07) is 16.3. The molecule has 0 bridgehead atoms. The van der Waals surface area contributed by atoms with Crippen LogP contribution in [0.25, 0.3) is 0 Å². The number of nitrogens with one attached hydrogen (secondary N) is 2. The van der Waals surface area contributed by atoms with Gasteiger partial charge in [0.25, 0.3) is 5.91 Å². The van der Waals surface area contributed by atoms with Crippen molar-refractivity contribution < 1.29 is 14.3 Å². The van der Waals surface area contributed by atoms with Crippen LogP contribution in [0.1, 0.15) is 56.0 Å². The summed E-state index contributed by atoms with van der Waals surface area (Å²) in [5.74, 6) is 0.451. The van der Waals surface area contributed by atoms with Gasteiger partial charge in [-0.1, -0.05) is 51.1 Å². The maximum absolute atomic E-state index is 13.0. The molecule has 2 aromatic rings. The molecule has 1 aliphatic rings. The second-order valence-electron chi connectivity index (χ2n) is 10.4. The molecule has 6 nitrogen and oxygen atoms in total. The van der Waals surface area contributed by atoms with Crippen LogP contribution >= 0.6 is 0 Å². The zero-order valence-electron chi connectivity index (χ0n) is 21.0. The second-order valence-corrected chi connectivity index (χ2v) is 10.4. The van der Waals surface area contributed by atoms with Gasteiger partial charge in [0.2, 0.25) is 5.91 Å². The fourth-order valence-electron chi connectivity index (χ4n) is 4.45. The molecule has 2 aromatic carbocycles. The van der Waals surface area contributed by atoms with Crippen molar-refractivity contribution in [3.8, 4) is 0 Å². The van der Waals surface area contributed by atoms with Gasteiger partial charge in [-0.3, -0.25) is 9.59 Å². The van der Waals surface area contributed by atoms with Gasteiger partial charge in [0.15, 0.2) is 0 Å². The summed E-state index contributed by atoms with van der Waals surface area (Å²) in [6.45, 7) is 8.81. The topological polar surface area (TPSA) is 70.7 Å². The van der Waals surface area contributed by atoms with E-state index >= 15 is 0 Å². The lowest BCUT2D eigenvalue weighted by atomic mass is 9.89. The minimum atomic E-state index is -0.148. The van der Waals surface area contributed by atoms with Crippen LogP contribution in [0.3, 0.4) is 0 Å². The van der Waals surface area contributed by atoms with E-state index < -0.39 is 0 Å². The number of piperidine rings is 1. The van der Waals surface area contributed by atoms with Crippen molar-refractivity contribution in [3.63, 3.8) is 0 Å². The van der Waals surface area contributed by atoms with Gasteiger partial charge in [0.1, 0.15) is 0 Å². The first kappa shape index (κ1) is 25.8. The maximum atomic E-state index is 13.0. The molecule has 0 aromatic heterocycles. The summed E-state index contributed by atoms with van der Waals surface area (Å²) in [4.78, 5) is 27.8. The highest BCUT2D eigenvalue weighted by Crippen LogP contribution is 2.30. The Morgan fingerprint density at radius 3 is 2.41 bits per heavy atom. The molecule has 34 heavy (non-hydrogen) atoms. The van der Waals surface area contributed by atoms with Crippen molar-refractivity contribution in [3.05, 3.63) is 59.7 Å². The predicted octanol–water partition coefficient (Wildman–Crippen LogP) is 4.90. The summed E-state index contributed by atoms with van der Waals surface area (Å²) in [5.41, 5.74) is 3.44. The number of hydrogen-bond acceptors (Lipinski definition) is 4. The molecule has 0 unspecified atom stereocenters. The zero-order valence-corrected chi connectivity index (χ0v) is 21.0. The molecule has 2 amide bonds. The number of amides is 2. The molecule has 0 radical (unpaired) electrons. The Bertz CT molecular complexity index is 945. The van der Waals surface area contributed by atoms with Crippen molar-refractivity contribution in [1.82, 2.24) is 5.32 Å². The molecule has 0 atom stereocenters. The SMILES string of the molecule is COCCNC(=O)c1cc(NC(=O)CC(C)(C)C)ccc1N1CCC(Cc2ccccc2)CC1.